The number of nitrogens with two attached hydrogens (primary N) is 1. The lowest BCUT2D eigenvalue weighted by atomic mass is 10.1. The third-order valence-corrected chi connectivity index (χ3v) is 3.91. The van der Waals surface area contributed by atoms with Crippen molar-refractivity contribution in [3.8, 4) is 28.2 Å². The minimum atomic E-state index is 0.215. The van der Waals surface area contributed by atoms with Crippen LogP contribution in [-0.2, 0) is 0 Å². The van der Waals surface area contributed by atoms with E-state index in [0.29, 0.717) is 5.02 Å². The maximum Gasteiger partial charge on any atom is 0.221 e. The first-order chi connectivity index (χ1) is 12.2. The number of rotatable bonds is 3. The first-order valence-corrected chi connectivity index (χ1v) is 7.81. The molecule has 0 amide bonds. The third kappa shape index (κ3) is 3.17. The van der Waals surface area contributed by atoms with Gasteiger partial charge in [-0.2, -0.15) is 0 Å². The van der Waals surface area contributed by atoms with E-state index in [1.165, 1.54) is 6.33 Å². The molecule has 0 aliphatic rings. The molecule has 4 rings (SSSR count). The van der Waals surface area contributed by atoms with E-state index in [4.69, 9.17) is 17.3 Å². The summed E-state index contributed by atoms with van der Waals surface area (Å²) < 4.78 is 1.58. The molecule has 4 aromatic rings. The lowest BCUT2D eigenvalue weighted by Gasteiger charge is -2.07. The molecule has 0 bridgehead atoms. The first-order valence-electron chi connectivity index (χ1n) is 7.43. The Morgan fingerprint density at radius 3 is 2.00 bits per heavy atom. The lowest BCUT2D eigenvalue weighted by molar-refractivity contribution is 0.789. The molecule has 0 aliphatic carbocycles. The van der Waals surface area contributed by atoms with Crippen molar-refractivity contribution in [1.29, 1.82) is 0 Å². The van der Waals surface area contributed by atoms with Crippen molar-refractivity contribution in [1.82, 2.24) is 30.2 Å². The van der Waals surface area contributed by atoms with Gasteiger partial charge in [-0.1, -0.05) is 35.9 Å². The molecule has 122 valence electrons. The van der Waals surface area contributed by atoms with E-state index >= 15 is 0 Å². The Morgan fingerprint density at radius 2 is 1.44 bits per heavy atom. The van der Waals surface area contributed by atoms with Gasteiger partial charge in [0.25, 0.3) is 0 Å². The van der Waals surface area contributed by atoms with Crippen LogP contribution in [0.1, 0.15) is 0 Å². The second-order valence-corrected chi connectivity index (χ2v) is 5.74. The van der Waals surface area contributed by atoms with Crippen molar-refractivity contribution >= 4 is 17.5 Å². The normalized spacial score (nSPS) is 10.8. The highest BCUT2D eigenvalue weighted by atomic mass is 35.5. The van der Waals surface area contributed by atoms with Gasteiger partial charge in [0, 0.05) is 16.1 Å². The van der Waals surface area contributed by atoms with E-state index in [9.17, 15) is 0 Å². The lowest BCUT2D eigenvalue weighted by Crippen LogP contribution is -1.99. The van der Waals surface area contributed by atoms with Gasteiger partial charge < -0.3 is 5.73 Å². The van der Waals surface area contributed by atoms with Gasteiger partial charge in [-0.25, -0.2) is 14.6 Å². The second-order valence-electron chi connectivity index (χ2n) is 5.30. The Bertz CT molecular complexity index is 996. The van der Waals surface area contributed by atoms with Crippen LogP contribution in [0.3, 0.4) is 0 Å². The molecular formula is C17H12ClN7. The number of anilines is 1. The van der Waals surface area contributed by atoms with Gasteiger partial charge in [-0.05, 0) is 40.8 Å². The van der Waals surface area contributed by atoms with Gasteiger partial charge in [0.05, 0.1) is 17.1 Å². The average molecular weight is 350 g/mol. The monoisotopic (exact) mass is 349 g/mol. The molecule has 0 saturated carbocycles. The summed E-state index contributed by atoms with van der Waals surface area (Å²) >= 11 is 5.94. The zero-order chi connectivity index (χ0) is 17.2. The Hall–Kier alpha value is -3.32. The van der Waals surface area contributed by atoms with Crippen molar-refractivity contribution in [3.63, 3.8) is 0 Å². The summed E-state index contributed by atoms with van der Waals surface area (Å²) in [5, 5.41) is 11.8. The molecule has 0 fully saturated rings. The van der Waals surface area contributed by atoms with Crippen LogP contribution >= 0.6 is 11.6 Å². The van der Waals surface area contributed by atoms with Gasteiger partial charge >= 0.3 is 0 Å². The molecule has 0 atom stereocenters. The number of tetrazole rings is 1. The molecule has 0 aliphatic heterocycles. The predicted molar refractivity (Wildman–Crippen MR) is 95.0 cm³/mol. The molecule has 0 radical (unpaired) electrons. The molecule has 0 unspecified atom stereocenters. The topological polar surface area (TPSA) is 95.4 Å². The van der Waals surface area contributed by atoms with Gasteiger partial charge in [-0.3, -0.25) is 0 Å². The number of aromatic nitrogens is 6. The molecule has 2 N–H and O–H groups in total. The van der Waals surface area contributed by atoms with Crippen molar-refractivity contribution in [2.24, 2.45) is 0 Å². The third-order valence-electron chi connectivity index (χ3n) is 3.66. The van der Waals surface area contributed by atoms with Gasteiger partial charge in [-0.15, -0.1) is 5.10 Å². The number of hydrogen-bond donors (Lipinski definition) is 1. The number of halogens is 1. The van der Waals surface area contributed by atoms with E-state index < -0.39 is 0 Å². The highest BCUT2D eigenvalue weighted by molar-refractivity contribution is 6.30. The number of nitrogens with zero attached hydrogens (tertiary/aromatic N) is 6. The van der Waals surface area contributed by atoms with Crippen LogP contribution in [-0.4, -0.2) is 30.2 Å². The molecule has 25 heavy (non-hydrogen) atoms. The summed E-state index contributed by atoms with van der Waals surface area (Å²) in [4.78, 5) is 8.64. The average Bonchev–Trinajstić information content (AvgIpc) is 3.17. The van der Waals surface area contributed by atoms with Crippen LogP contribution in [0, 0.1) is 0 Å². The Morgan fingerprint density at radius 1 is 0.840 bits per heavy atom. The van der Waals surface area contributed by atoms with Crippen LogP contribution in [0.4, 0.5) is 5.95 Å². The summed E-state index contributed by atoms with van der Waals surface area (Å²) in [7, 11) is 0. The Kier molecular flexibility index (Phi) is 3.83. The standard InChI is InChI=1S/C17H12ClN7/c18-13-5-1-11(2-6-13)15-9-16(22-17(19)21-15)12-3-7-14(8-4-12)25-10-20-23-24-25/h1-10H,(H2,19,21,22). The summed E-state index contributed by atoms with van der Waals surface area (Å²) in [6.07, 6.45) is 1.54. The van der Waals surface area contributed by atoms with Gasteiger partial charge in [0.2, 0.25) is 5.95 Å². The fourth-order valence-corrected chi connectivity index (χ4v) is 2.57. The van der Waals surface area contributed by atoms with Gasteiger partial charge in [0.15, 0.2) is 0 Å². The zero-order valence-electron chi connectivity index (χ0n) is 12.9. The SMILES string of the molecule is Nc1nc(-c2ccc(Cl)cc2)cc(-c2ccc(-n3cnnn3)cc2)n1. The molecule has 0 saturated heterocycles. The highest BCUT2D eigenvalue weighted by Gasteiger charge is 2.08. The molecule has 8 heteroatoms. The van der Waals surface area contributed by atoms with Crippen molar-refractivity contribution in [2.45, 2.75) is 0 Å². The minimum absolute atomic E-state index is 0.215. The van der Waals surface area contributed by atoms with E-state index in [1.807, 2.05) is 54.6 Å². The van der Waals surface area contributed by atoms with Crippen LogP contribution in [0.15, 0.2) is 60.9 Å². The molecule has 2 heterocycles. The highest BCUT2D eigenvalue weighted by Crippen LogP contribution is 2.26. The smallest absolute Gasteiger partial charge is 0.221 e. The van der Waals surface area contributed by atoms with Gasteiger partial charge in [0.1, 0.15) is 6.33 Å². The van der Waals surface area contributed by atoms with E-state index in [1.54, 1.807) is 4.68 Å². The number of nitrogen functional groups attached to an aromatic ring is 1. The molecular weight excluding hydrogens is 338 g/mol. The van der Waals surface area contributed by atoms with Crippen molar-refractivity contribution in [3.05, 3.63) is 65.9 Å². The first kappa shape index (κ1) is 15.2. The van der Waals surface area contributed by atoms with E-state index in [2.05, 4.69) is 25.5 Å². The summed E-state index contributed by atoms with van der Waals surface area (Å²) in [5.41, 5.74) is 10.1. The summed E-state index contributed by atoms with van der Waals surface area (Å²) in [5.74, 6) is 0.215. The quantitative estimate of drug-likeness (QED) is 0.610. The van der Waals surface area contributed by atoms with E-state index in [-0.39, 0.29) is 5.95 Å². The number of benzene rings is 2. The maximum absolute atomic E-state index is 5.94. The maximum atomic E-state index is 5.94. The minimum Gasteiger partial charge on any atom is -0.368 e. The van der Waals surface area contributed by atoms with Crippen LogP contribution in [0.5, 0.6) is 0 Å². The van der Waals surface area contributed by atoms with Crippen LogP contribution in [0.25, 0.3) is 28.2 Å². The van der Waals surface area contributed by atoms with Crippen molar-refractivity contribution in [2.75, 3.05) is 5.73 Å². The Balaban J connectivity index is 1.71. The summed E-state index contributed by atoms with van der Waals surface area (Å²) in [6.45, 7) is 0. The van der Waals surface area contributed by atoms with E-state index in [0.717, 1.165) is 28.2 Å². The fourth-order valence-electron chi connectivity index (χ4n) is 2.45. The molecule has 0 spiro atoms. The van der Waals surface area contributed by atoms with Crippen molar-refractivity contribution < 1.29 is 0 Å². The fraction of sp³-hybridized carbons (Fsp3) is 0. The molecule has 7 nitrogen and oxygen atoms in total. The Labute approximate surface area is 148 Å². The number of hydrogen-bond acceptors (Lipinski definition) is 6. The van der Waals surface area contributed by atoms with Crippen LogP contribution in [0.2, 0.25) is 5.02 Å². The second kappa shape index (κ2) is 6.29. The zero-order valence-corrected chi connectivity index (χ0v) is 13.7. The van der Waals surface area contributed by atoms with Crippen LogP contribution < -0.4 is 5.73 Å². The summed E-state index contributed by atoms with van der Waals surface area (Å²) in [6, 6.07) is 17.0. The molecule has 2 aromatic carbocycles. The predicted octanol–water partition coefficient (Wildman–Crippen LogP) is 3.02. The molecule has 2 aromatic heterocycles. The largest absolute Gasteiger partial charge is 0.368 e.